The lowest BCUT2D eigenvalue weighted by molar-refractivity contribution is 0.0159. The third-order valence-electron chi connectivity index (χ3n) is 4.27. The lowest BCUT2D eigenvalue weighted by Gasteiger charge is -2.25. The third-order valence-corrected chi connectivity index (χ3v) is 4.27. The molecule has 2 rings (SSSR count). The highest BCUT2D eigenvalue weighted by molar-refractivity contribution is 5.28. The topological polar surface area (TPSA) is 56.5 Å². The van der Waals surface area contributed by atoms with Crippen molar-refractivity contribution in [3.05, 3.63) is 29.8 Å². The summed E-state index contributed by atoms with van der Waals surface area (Å²) in [6.45, 7) is 4.43. The van der Waals surface area contributed by atoms with Gasteiger partial charge in [0.2, 0.25) is 0 Å². The van der Waals surface area contributed by atoms with Crippen molar-refractivity contribution in [1.82, 2.24) is 5.48 Å². The van der Waals surface area contributed by atoms with Gasteiger partial charge in [0, 0.05) is 12.6 Å². The summed E-state index contributed by atoms with van der Waals surface area (Å²) >= 11 is 0. The molecule has 124 valence electrons. The van der Waals surface area contributed by atoms with Gasteiger partial charge in [0.1, 0.15) is 5.75 Å². The Labute approximate surface area is 134 Å². The molecule has 0 atom stereocenters. The summed E-state index contributed by atoms with van der Waals surface area (Å²) < 4.78 is 5.71. The molecule has 1 aromatic carbocycles. The van der Waals surface area contributed by atoms with Gasteiger partial charge in [0.05, 0.1) is 13.2 Å². The smallest absolute Gasteiger partial charge is 0.119 e. The zero-order valence-corrected chi connectivity index (χ0v) is 13.7. The molecule has 0 aromatic heterocycles. The maximum absolute atomic E-state index is 5.92. The molecule has 22 heavy (non-hydrogen) atoms. The van der Waals surface area contributed by atoms with E-state index in [1.165, 1.54) is 12.8 Å². The minimum Gasteiger partial charge on any atom is -0.494 e. The van der Waals surface area contributed by atoms with E-state index in [9.17, 15) is 0 Å². The predicted molar refractivity (Wildman–Crippen MR) is 89.6 cm³/mol. The van der Waals surface area contributed by atoms with Gasteiger partial charge in [0.15, 0.2) is 0 Å². The Hall–Kier alpha value is -1.10. The Morgan fingerprint density at radius 1 is 1.23 bits per heavy atom. The highest BCUT2D eigenvalue weighted by Gasteiger charge is 2.17. The van der Waals surface area contributed by atoms with Crippen molar-refractivity contribution in [2.24, 2.45) is 11.7 Å². The molecule has 0 amide bonds. The molecule has 0 bridgehead atoms. The first kappa shape index (κ1) is 17.3. The molecule has 1 aromatic rings. The summed E-state index contributed by atoms with van der Waals surface area (Å²) in [7, 11) is 0. The first-order valence-corrected chi connectivity index (χ1v) is 8.60. The summed E-state index contributed by atoms with van der Waals surface area (Å²) in [5, 5.41) is 0. The van der Waals surface area contributed by atoms with Crippen LogP contribution in [-0.4, -0.2) is 19.2 Å². The zero-order valence-electron chi connectivity index (χ0n) is 13.7. The number of nitrogens with two attached hydrogens (primary N) is 1. The molecule has 1 fully saturated rings. The fourth-order valence-electron chi connectivity index (χ4n) is 2.76. The molecule has 4 nitrogen and oxygen atoms in total. The van der Waals surface area contributed by atoms with Gasteiger partial charge in [-0.2, -0.15) is 0 Å². The standard InChI is InChI=1S/C18H30N2O2/c1-2-3-11-21-18-6-4-5-16(12-18)14-22-20-13-15-7-9-17(19)10-8-15/h4-6,12,15,17,20H,2-3,7-11,13-14,19H2,1H3. The number of nitrogens with one attached hydrogen (secondary N) is 1. The highest BCUT2D eigenvalue weighted by atomic mass is 16.6. The van der Waals surface area contributed by atoms with E-state index in [-0.39, 0.29) is 0 Å². The van der Waals surface area contributed by atoms with E-state index in [4.69, 9.17) is 15.3 Å². The van der Waals surface area contributed by atoms with Gasteiger partial charge in [-0.25, -0.2) is 5.48 Å². The van der Waals surface area contributed by atoms with Crippen LogP contribution in [0.1, 0.15) is 51.0 Å². The van der Waals surface area contributed by atoms with Crippen molar-refractivity contribution in [1.29, 1.82) is 0 Å². The number of hydroxylamine groups is 1. The molecule has 4 heteroatoms. The summed E-state index contributed by atoms with van der Waals surface area (Å²) in [6, 6.07) is 8.54. The molecule has 0 spiro atoms. The van der Waals surface area contributed by atoms with Gasteiger partial charge in [-0.3, -0.25) is 4.84 Å². The lowest BCUT2D eigenvalue weighted by atomic mass is 9.87. The van der Waals surface area contributed by atoms with Crippen LogP contribution < -0.4 is 16.0 Å². The summed E-state index contributed by atoms with van der Waals surface area (Å²) in [4.78, 5) is 5.59. The van der Waals surface area contributed by atoms with Crippen molar-refractivity contribution < 1.29 is 9.57 Å². The normalized spacial score (nSPS) is 21.7. The summed E-state index contributed by atoms with van der Waals surface area (Å²) in [5.74, 6) is 1.62. The molecule has 0 aliphatic heterocycles. The van der Waals surface area contributed by atoms with Crippen LogP contribution >= 0.6 is 0 Å². The van der Waals surface area contributed by atoms with Crippen LogP contribution in [0.3, 0.4) is 0 Å². The number of unbranched alkanes of at least 4 members (excludes halogenated alkanes) is 1. The Morgan fingerprint density at radius 2 is 2.05 bits per heavy atom. The van der Waals surface area contributed by atoms with Crippen molar-refractivity contribution in [3.8, 4) is 5.75 Å². The van der Waals surface area contributed by atoms with E-state index in [0.717, 1.165) is 50.1 Å². The molecule has 1 aliphatic rings. The molecule has 0 heterocycles. The van der Waals surface area contributed by atoms with Gasteiger partial charge in [-0.05, 0) is 55.7 Å². The lowest BCUT2D eigenvalue weighted by Crippen LogP contribution is -2.31. The van der Waals surface area contributed by atoms with Gasteiger partial charge < -0.3 is 10.5 Å². The van der Waals surface area contributed by atoms with Gasteiger partial charge in [-0.1, -0.05) is 25.5 Å². The van der Waals surface area contributed by atoms with Crippen molar-refractivity contribution in [2.75, 3.05) is 13.2 Å². The molecule has 0 unspecified atom stereocenters. The number of benzene rings is 1. The predicted octanol–water partition coefficient (Wildman–Crippen LogP) is 3.40. The Balaban J connectivity index is 1.63. The molecule has 1 saturated carbocycles. The highest BCUT2D eigenvalue weighted by Crippen LogP contribution is 2.22. The molecule has 1 aliphatic carbocycles. The van der Waals surface area contributed by atoms with Crippen LogP contribution in [0.4, 0.5) is 0 Å². The average Bonchev–Trinajstić information content (AvgIpc) is 2.54. The summed E-state index contributed by atoms with van der Waals surface area (Å²) in [6.07, 6.45) is 6.94. The van der Waals surface area contributed by atoms with E-state index in [0.29, 0.717) is 18.6 Å². The number of hydrogen-bond acceptors (Lipinski definition) is 4. The quantitative estimate of drug-likeness (QED) is 0.542. The third kappa shape index (κ3) is 6.34. The Kier molecular flexibility index (Phi) is 7.71. The maximum atomic E-state index is 5.92. The zero-order chi connectivity index (χ0) is 15.6. The molecular weight excluding hydrogens is 276 g/mol. The monoisotopic (exact) mass is 306 g/mol. The van der Waals surface area contributed by atoms with Crippen molar-refractivity contribution >= 4 is 0 Å². The van der Waals surface area contributed by atoms with Crippen LogP contribution in [0.25, 0.3) is 0 Å². The first-order chi connectivity index (χ1) is 10.8. The van der Waals surface area contributed by atoms with E-state index in [1.54, 1.807) is 0 Å². The Morgan fingerprint density at radius 3 is 2.82 bits per heavy atom. The van der Waals surface area contributed by atoms with Crippen LogP contribution in [0, 0.1) is 5.92 Å². The minimum absolute atomic E-state index is 0.410. The van der Waals surface area contributed by atoms with Crippen molar-refractivity contribution in [2.45, 2.75) is 58.1 Å². The Bertz CT molecular complexity index is 417. The fraction of sp³-hybridized carbons (Fsp3) is 0.667. The van der Waals surface area contributed by atoms with E-state index in [1.807, 2.05) is 12.1 Å². The second-order valence-electron chi connectivity index (χ2n) is 6.27. The van der Waals surface area contributed by atoms with E-state index in [2.05, 4.69) is 24.5 Å². The van der Waals surface area contributed by atoms with Gasteiger partial charge >= 0.3 is 0 Å². The molecule has 3 N–H and O–H groups in total. The maximum Gasteiger partial charge on any atom is 0.119 e. The molecule has 0 saturated heterocycles. The van der Waals surface area contributed by atoms with E-state index >= 15 is 0 Å². The largest absolute Gasteiger partial charge is 0.494 e. The average molecular weight is 306 g/mol. The van der Waals surface area contributed by atoms with Crippen molar-refractivity contribution in [3.63, 3.8) is 0 Å². The number of ether oxygens (including phenoxy) is 1. The van der Waals surface area contributed by atoms with Gasteiger partial charge in [-0.15, -0.1) is 0 Å². The van der Waals surface area contributed by atoms with Gasteiger partial charge in [0.25, 0.3) is 0 Å². The fourth-order valence-corrected chi connectivity index (χ4v) is 2.76. The van der Waals surface area contributed by atoms with Crippen LogP contribution in [0.15, 0.2) is 24.3 Å². The number of hydrogen-bond donors (Lipinski definition) is 2. The SMILES string of the molecule is CCCCOc1cccc(CONCC2CCC(N)CC2)c1. The minimum atomic E-state index is 0.410. The van der Waals surface area contributed by atoms with Crippen LogP contribution in [-0.2, 0) is 11.4 Å². The second kappa shape index (κ2) is 9.82. The van der Waals surface area contributed by atoms with E-state index < -0.39 is 0 Å². The second-order valence-corrected chi connectivity index (χ2v) is 6.27. The number of rotatable bonds is 9. The molecular formula is C18H30N2O2. The van der Waals surface area contributed by atoms with Crippen LogP contribution in [0.5, 0.6) is 5.75 Å². The first-order valence-electron chi connectivity index (χ1n) is 8.60. The van der Waals surface area contributed by atoms with Crippen LogP contribution in [0.2, 0.25) is 0 Å². The molecule has 0 radical (unpaired) electrons. The summed E-state index contributed by atoms with van der Waals surface area (Å²) in [5.41, 5.74) is 10.2.